The number of amides is 2. The smallest absolute Gasteiger partial charge is 0.410 e. The predicted octanol–water partition coefficient (Wildman–Crippen LogP) is 1.91. The minimum absolute atomic E-state index is 0.00289. The van der Waals surface area contributed by atoms with Gasteiger partial charge in [0.1, 0.15) is 5.60 Å². The number of morpholine rings is 1. The lowest BCUT2D eigenvalue weighted by Crippen LogP contribution is -2.56. The molecule has 3 aliphatic rings. The maximum Gasteiger partial charge on any atom is 0.410 e. The molecule has 7 heteroatoms. The Kier molecular flexibility index (Phi) is 6.63. The van der Waals surface area contributed by atoms with Crippen LogP contribution in [-0.2, 0) is 14.3 Å². The number of carbonyl (C=O) groups excluding carboxylic acids is 2. The van der Waals surface area contributed by atoms with Crippen LogP contribution in [0.25, 0.3) is 0 Å². The van der Waals surface area contributed by atoms with Crippen molar-refractivity contribution in [2.45, 2.75) is 70.6 Å². The molecule has 0 aromatic rings. The summed E-state index contributed by atoms with van der Waals surface area (Å²) in [7, 11) is 0. The highest BCUT2D eigenvalue weighted by Gasteiger charge is 2.41. The molecule has 2 saturated carbocycles. The van der Waals surface area contributed by atoms with E-state index in [4.69, 9.17) is 9.47 Å². The van der Waals surface area contributed by atoms with Gasteiger partial charge in [0.15, 0.2) is 0 Å². The minimum atomic E-state index is -0.507. The second kappa shape index (κ2) is 8.78. The van der Waals surface area contributed by atoms with E-state index in [0.29, 0.717) is 32.2 Å². The van der Waals surface area contributed by atoms with E-state index in [1.54, 1.807) is 0 Å². The van der Waals surface area contributed by atoms with E-state index in [1.165, 1.54) is 12.8 Å². The normalized spacial score (nSPS) is 28.9. The molecule has 0 aromatic heterocycles. The number of hydrogen-bond donors (Lipinski definition) is 2. The van der Waals surface area contributed by atoms with Gasteiger partial charge in [-0.3, -0.25) is 4.79 Å². The molecule has 2 aliphatic carbocycles. The van der Waals surface area contributed by atoms with Crippen LogP contribution in [0.2, 0.25) is 0 Å². The van der Waals surface area contributed by atoms with Crippen molar-refractivity contribution in [3.63, 3.8) is 0 Å². The van der Waals surface area contributed by atoms with Crippen molar-refractivity contribution in [2.75, 3.05) is 32.8 Å². The topological polar surface area (TPSA) is 79.9 Å². The zero-order valence-electron chi connectivity index (χ0n) is 17.0. The SMILES string of the molecule is CC(C)(C)OC(=O)N1CCOC[C@@H]1[C@H]1CCC[C@@H]1NCC(=O)NCC1CC1. The Morgan fingerprint density at radius 2 is 1.96 bits per heavy atom. The number of carbonyl (C=O) groups is 2. The van der Waals surface area contributed by atoms with Gasteiger partial charge < -0.3 is 25.0 Å². The first-order valence-corrected chi connectivity index (χ1v) is 10.4. The lowest BCUT2D eigenvalue weighted by Gasteiger charge is -2.41. The Morgan fingerprint density at radius 1 is 1.19 bits per heavy atom. The molecule has 3 fully saturated rings. The van der Waals surface area contributed by atoms with Crippen LogP contribution in [0.15, 0.2) is 0 Å². The van der Waals surface area contributed by atoms with E-state index in [-0.39, 0.29) is 30.0 Å². The number of ether oxygens (including phenoxy) is 2. The van der Waals surface area contributed by atoms with Gasteiger partial charge in [0, 0.05) is 19.1 Å². The first-order valence-electron chi connectivity index (χ1n) is 10.4. The first kappa shape index (κ1) is 20.4. The predicted molar refractivity (Wildman–Crippen MR) is 102 cm³/mol. The number of rotatable bonds is 6. The van der Waals surface area contributed by atoms with Gasteiger partial charge in [0.25, 0.3) is 0 Å². The summed E-state index contributed by atoms with van der Waals surface area (Å²) in [6.45, 7) is 8.46. The lowest BCUT2D eigenvalue weighted by atomic mass is 9.92. The summed E-state index contributed by atoms with van der Waals surface area (Å²) in [6, 6.07) is 0.233. The fraction of sp³-hybridized carbons (Fsp3) is 0.900. The van der Waals surface area contributed by atoms with Crippen LogP contribution in [0.3, 0.4) is 0 Å². The third-order valence-corrected chi connectivity index (χ3v) is 5.67. The molecule has 0 radical (unpaired) electrons. The highest BCUT2D eigenvalue weighted by atomic mass is 16.6. The molecular formula is C20H35N3O4. The van der Waals surface area contributed by atoms with Crippen LogP contribution >= 0.6 is 0 Å². The maximum absolute atomic E-state index is 12.7. The Bertz CT molecular complexity index is 530. The van der Waals surface area contributed by atoms with Gasteiger partial charge in [-0.25, -0.2) is 4.79 Å². The molecule has 1 saturated heterocycles. The molecule has 0 bridgehead atoms. The van der Waals surface area contributed by atoms with Crippen LogP contribution in [0.4, 0.5) is 4.79 Å². The summed E-state index contributed by atoms with van der Waals surface area (Å²) >= 11 is 0. The molecular weight excluding hydrogens is 346 g/mol. The minimum Gasteiger partial charge on any atom is -0.444 e. The summed E-state index contributed by atoms with van der Waals surface area (Å²) in [6.07, 6.45) is 5.38. The van der Waals surface area contributed by atoms with Gasteiger partial charge >= 0.3 is 6.09 Å². The van der Waals surface area contributed by atoms with Crippen molar-refractivity contribution in [1.29, 1.82) is 0 Å². The van der Waals surface area contributed by atoms with E-state index in [9.17, 15) is 9.59 Å². The molecule has 0 spiro atoms. The molecule has 1 aliphatic heterocycles. The highest BCUT2D eigenvalue weighted by molar-refractivity contribution is 5.78. The quantitative estimate of drug-likeness (QED) is 0.735. The molecule has 1 heterocycles. The van der Waals surface area contributed by atoms with E-state index < -0.39 is 5.60 Å². The molecule has 3 atom stereocenters. The van der Waals surface area contributed by atoms with E-state index in [2.05, 4.69) is 10.6 Å². The fourth-order valence-corrected chi connectivity index (χ4v) is 4.09. The van der Waals surface area contributed by atoms with E-state index >= 15 is 0 Å². The summed E-state index contributed by atoms with van der Waals surface area (Å²) in [5.74, 6) is 1.04. The molecule has 2 amide bonds. The summed E-state index contributed by atoms with van der Waals surface area (Å²) in [5.41, 5.74) is -0.507. The zero-order valence-corrected chi connectivity index (χ0v) is 17.0. The van der Waals surface area contributed by atoms with E-state index in [1.807, 2.05) is 25.7 Å². The standard InChI is InChI=1S/C20H35N3O4/c1-20(2,3)27-19(25)23-9-10-26-13-17(23)15-5-4-6-16(15)21-12-18(24)22-11-14-7-8-14/h14-17,21H,4-13H2,1-3H3,(H,22,24)/t15-,16-,17+/m0/s1. The molecule has 7 nitrogen and oxygen atoms in total. The molecule has 0 unspecified atom stereocenters. The van der Waals surface area contributed by atoms with Gasteiger partial charge in [0.05, 0.1) is 25.8 Å². The van der Waals surface area contributed by atoms with Gasteiger partial charge in [-0.2, -0.15) is 0 Å². The Morgan fingerprint density at radius 3 is 2.67 bits per heavy atom. The van der Waals surface area contributed by atoms with Crippen molar-refractivity contribution in [1.82, 2.24) is 15.5 Å². The highest BCUT2D eigenvalue weighted by Crippen LogP contribution is 2.33. The third-order valence-electron chi connectivity index (χ3n) is 5.67. The fourth-order valence-electron chi connectivity index (χ4n) is 4.09. The van der Waals surface area contributed by atoms with E-state index in [0.717, 1.165) is 25.8 Å². The molecule has 2 N–H and O–H groups in total. The van der Waals surface area contributed by atoms with Gasteiger partial charge in [-0.05, 0) is 58.3 Å². The lowest BCUT2D eigenvalue weighted by molar-refractivity contribution is -0.120. The van der Waals surface area contributed by atoms with Crippen LogP contribution in [0.1, 0.15) is 52.9 Å². The monoisotopic (exact) mass is 381 g/mol. The third kappa shape index (κ3) is 6.07. The second-order valence-corrected chi connectivity index (χ2v) is 9.15. The Balaban J connectivity index is 1.54. The van der Waals surface area contributed by atoms with Crippen molar-refractivity contribution in [3.8, 4) is 0 Å². The van der Waals surface area contributed by atoms with Crippen LogP contribution in [0, 0.1) is 11.8 Å². The second-order valence-electron chi connectivity index (χ2n) is 9.15. The first-order chi connectivity index (χ1) is 12.8. The van der Waals surface area contributed by atoms with Gasteiger partial charge in [-0.15, -0.1) is 0 Å². The van der Waals surface area contributed by atoms with Crippen LogP contribution < -0.4 is 10.6 Å². The number of hydrogen-bond acceptors (Lipinski definition) is 5. The van der Waals surface area contributed by atoms with Gasteiger partial charge in [-0.1, -0.05) is 6.42 Å². The molecule has 3 rings (SSSR count). The molecule has 154 valence electrons. The van der Waals surface area contributed by atoms with Gasteiger partial charge in [0.2, 0.25) is 5.91 Å². The van der Waals surface area contributed by atoms with Crippen molar-refractivity contribution in [2.24, 2.45) is 11.8 Å². The van der Waals surface area contributed by atoms with Crippen molar-refractivity contribution in [3.05, 3.63) is 0 Å². The Hall–Kier alpha value is -1.34. The molecule has 27 heavy (non-hydrogen) atoms. The maximum atomic E-state index is 12.7. The Labute approximate surface area is 162 Å². The van der Waals surface area contributed by atoms with Crippen LogP contribution in [-0.4, -0.2) is 67.4 Å². The zero-order chi connectivity index (χ0) is 19.4. The summed E-state index contributed by atoms with van der Waals surface area (Å²) in [5, 5.41) is 6.44. The average molecular weight is 382 g/mol. The largest absolute Gasteiger partial charge is 0.444 e. The number of nitrogens with one attached hydrogen (secondary N) is 2. The summed E-state index contributed by atoms with van der Waals surface area (Å²) in [4.78, 5) is 26.6. The van der Waals surface area contributed by atoms with Crippen molar-refractivity contribution < 1.29 is 19.1 Å². The van der Waals surface area contributed by atoms with Crippen LogP contribution in [0.5, 0.6) is 0 Å². The number of nitrogens with zero attached hydrogens (tertiary/aromatic N) is 1. The molecule has 0 aromatic carbocycles. The van der Waals surface area contributed by atoms with Crippen molar-refractivity contribution >= 4 is 12.0 Å². The average Bonchev–Trinajstić information content (AvgIpc) is 3.32. The summed E-state index contributed by atoms with van der Waals surface area (Å²) < 4.78 is 11.3.